The standard InChI is InChI=1S/C23H22N2O6S/c1-4-29-23(26)20-15(3)30-22(25)18(13-24)21(20)17-7-5-6-8-19(17)31-32(27,28)16-11-9-14(2)10-12-16/h5-12,21H,4,25H2,1-3H3/t21-/m0/s1. The number of nitriles is 1. The largest absolute Gasteiger partial charge is 0.463 e. The third kappa shape index (κ3) is 4.45. The van der Waals surface area contributed by atoms with Crippen LogP contribution < -0.4 is 9.92 Å². The van der Waals surface area contributed by atoms with Gasteiger partial charge in [-0.2, -0.15) is 13.7 Å². The van der Waals surface area contributed by atoms with Crippen LogP contribution in [0.3, 0.4) is 0 Å². The molecule has 2 N–H and O–H groups in total. The number of carbonyl (C=O) groups is 1. The molecule has 0 fully saturated rings. The number of nitrogens with zero attached hydrogens (tertiary/aromatic N) is 1. The molecule has 2 aromatic rings. The average Bonchev–Trinajstić information content (AvgIpc) is 2.74. The van der Waals surface area contributed by atoms with Crippen LogP contribution in [0.25, 0.3) is 0 Å². The molecular weight excluding hydrogens is 432 g/mol. The van der Waals surface area contributed by atoms with Crippen LogP contribution in [0.15, 0.2) is 76.2 Å². The van der Waals surface area contributed by atoms with Crippen molar-refractivity contribution in [2.75, 3.05) is 6.61 Å². The van der Waals surface area contributed by atoms with Crippen LogP contribution in [0.1, 0.15) is 30.9 Å². The Bertz CT molecular complexity index is 1250. The zero-order valence-electron chi connectivity index (χ0n) is 17.8. The van der Waals surface area contributed by atoms with E-state index in [4.69, 9.17) is 19.4 Å². The van der Waals surface area contributed by atoms with Crippen molar-refractivity contribution in [2.45, 2.75) is 31.6 Å². The molecular formula is C23H22N2O6S. The predicted octanol–water partition coefficient (Wildman–Crippen LogP) is 3.41. The minimum atomic E-state index is -4.18. The van der Waals surface area contributed by atoms with E-state index in [1.807, 2.05) is 13.0 Å². The molecule has 0 aromatic heterocycles. The molecule has 0 amide bonds. The van der Waals surface area contributed by atoms with Gasteiger partial charge < -0.3 is 19.4 Å². The lowest BCUT2D eigenvalue weighted by molar-refractivity contribution is -0.139. The molecule has 166 valence electrons. The summed E-state index contributed by atoms with van der Waals surface area (Å²) < 4.78 is 41.8. The van der Waals surface area contributed by atoms with E-state index in [2.05, 4.69) is 0 Å². The van der Waals surface area contributed by atoms with Gasteiger partial charge in [-0.3, -0.25) is 0 Å². The zero-order valence-corrected chi connectivity index (χ0v) is 18.6. The molecule has 2 aromatic carbocycles. The second-order valence-corrected chi connectivity index (χ2v) is 8.55. The molecule has 0 saturated carbocycles. The summed E-state index contributed by atoms with van der Waals surface area (Å²) in [6, 6.07) is 14.4. The van der Waals surface area contributed by atoms with Crippen molar-refractivity contribution >= 4 is 16.1 Å². The van der Waals surface area contributed by atoms with Crippen LogP contribution in [-0.2, 0) is 24.4 Å². The Morgan fingerprint density at radius 2 is 1.81 bits per heavy atom. The van der Waals surface area contributed by atoms with Crippen LogP contribution in [0, 0.1) is 18.3 Å². The van der Waals surface area contributed by atoms with Gasteiger partial charge in [-0.05, 0) is 39.0 Å². The minimum Gasteiger partial charge on any atom is -0.463 e. The fourth-order valence-corrected chi connectivity index (χ4v) is 4.29. The Morgan fingerprint density at radius 3 is 2.44 bits per heavy atom. The summed E-state index contributed by atoms with van der Waals surface area (Å²) in [6.07, 6.45) is 0. The van der Waals surface area contributed by atoms with Crippen LogP contribution in [0.2, 0.25) is 0 Å². The van der Waals surface area contributed by atoms with E-state index < -0.39 is 22.0 Å². The van der Waals surface area contributed by atoms with Gasteiger partial charge in [-0.25, -0.2) is 4.79 Å². The van der Waals surface area contributed by atoms with Crippen molar-refractivity contribution in [1.29, 1.82) is 5.26 Å². The SMILES string of the molecule is CCOC(=O)C1=C(C)OC(N)=C(C#N)[C@@H]1c1ccccc1OS(=O)(=O)c1ccc(C)cc1. The normalized spacial score (nSPS) is 16.2. The highest BCUT2D eigenvalue weighted by Crippen LogP contribution is 2.43. The third-order valence-electron chi connectivity index (χ3n) is 4.84. The first-order valence-corrected chi connectivity index (χ1v) is 11.2. The number of nitrogens with two attached hydrogens (primary N) is 1. The van der Waals surface area contributed by atoms with Crippen LogP contribution >= 0.6 is 0 Å². The number of benzene rings is 2. The highest BCUT2D eigenvalue weighted by molar-refractivity contribution is 7.87. The maximum Gasteiger partial charge on any atom is 0.339 e. The van der Waals surface area contributed by atoms with Crippen LogP contribution in [0.5, 0.6) is 5.75 Å². The van der Waals surface area contributed by atoms with Crippen molar-refractivity contribution in [3.8, 4) is 11.8 Å². The number of rotatable bonds is 6. The van der Waals surface area contributed by atoms with Gasteiger partial charge in [0.2, 0.25) is 5.88 Å². The lowest BCUT2D eigenvalue weighted by atomic mass is 9.82. The first-order chi connectivity index (χ1) is 15.2. The molecule has 1 aliphatic heterocycles. The topological polar surface area (TPSA) is 129 Å². The van der Waals surface area contributed by atoms with Gasteiger partial charge in [0.15, 0.2) is 0 Å². The molecule has 1 atom stereocenters. The van der Waals surface area contributed by atoms with Crippen molar-refractivity contribution in [2.24, 2.45) is 5.73 Å². The third-order valence-corrected chi connectivity index (χ3v) is 6.09. The summed E-state index contributed by atoms with van der Waals surface area (Å²) >= 11 is 0. The fourth-order valence-electron chi connectivity index (χ4n) is 3.33. The van der Waals surface area contributed by atoms with Gasteiger partial charge in [0, 0.05) is 5.56 Å². The fraction of sp³-hybridized carbons (Fsp3) is 0.217. The number of allylic oxidation sites excluding steroid dienone is 2. The van der Waals surface area contributed by atoms with Gasteiger partial charge in [0.25, 0.3) is 0 Å². The van der Waals surface area contributed by atoms with Crippen LogP contribution in [-0.4, -0.2) is 21.0 Å². The number of hydrogen-bond donors (Lipinski definition) is 1. The van der Waals surface area contributed by atoms with E-state index in [1.165, 1.54) is 25.1 Å². The van der Waals surface area contributed by atoms with Crippen molar-refractivity contribution in [3.05, 3.63) is 82.4 Å². The molecule has 3 rings (SSSR count). The molecule has 8 nitrogen and oxygen atoms in total. The number of para-hydroxylation sites is 1. The Kier molecular flexibility index (Phi) is 6.55. The highest BCUT2D eigenvalue weighted by Gasteiger charge is 2.38. The number of ether oxygens (including phenoxy) is 2. The molecule has 0 saturated heterocycles. The van der Waals surface area contributed by atoms with Gasteiger partial charge in [-0.15, -0.1) is 0 Å². The molecule has 0 radical (unpaired) electrons. The number of carbonyl (C=O) groups excluding carboxylic acids is 1. The number of esters is 1. The second kappa shape index (κ2) is 9.16. The smallest absolute Gasteiger partial charge is 0.339 e. The lowest BCUT2D eigenvalue weighted by Gasteiger charge is -2.27. The van der Waals surface area contributed by atoms with Gasteiger partial charge in [0.05, 0.1) is 18.1 Å². The maximum absolute atomic E-state index is 12.9. The van der Waals surface area contributed by atoms with Crippen molar-refractivity contribution in [1.82, 2.24) is 0 Å². The van der Waals surface area contributed by atoms with E-state index in [9.17, 15) is 18.5 Å². The molecule has 1 heterocycles. The van der Waals surface area contributed by atoms with Gasteiger partial charge >= 0.3 is 16.1 Å². The zero-order chi connectivity index (χ0) is 23.5. The second-order valence-electron chi connectivity index (χ2n) is 7.00. The molecule has 32 heavy (non-hydrogen) atoms. The van der Waals surface area contributed by atoms with Gasteiger partial charge in [-0.1, -0.05) is 35.9 Å². The van der Waals surface area contributed by atoms with E-state index >= 15 is 0 Å². The van der Waals surface area contributed by atoms with Crippen molar-refractivity contribution in [3.63, 3.8) is 0 Å². The lowest BCUT2D eigenvalue weighted by Crippen LogP contribution is -2.26. The van der Waals surface area contributed by atoms with Gasteiger partial charge in [0.1, 0.15) is 28.0 Å². The predicted molar refractivity (Wildman–Crippen MR) is 115 cm³/mol. The molecule has 0 bridgehead atoms. The summed E-state index contributed by atoms with van der Waals surface area (Å²) in [4.78, 5) is 12.7. The monoisotopic (exact) mass is 454 g/mol. The summed E-state index contributed by atoms with van der Waals surface area (Å²) in [6.45, 7) is 5.10. The van der Waals surface area contributed by atoms with E-state index in [0.717, 1.165) is 5.56 Å². The molecule has 9 heteroatoms. The first-order valence-electron chi connectivity index (χ1n) is 9.75. The quantitative estimate of drug-likeness (QED) is 0.519. The molecule has 0 aliphatic carbocycles. The van der Waals surface area contributed by atoms with E-state index in [-0.39, 0.29) is 45.6 Å². The van der Waals surface area contributed by atoms with E-state index in [1.54, 1.807) is 37.3 Å². The Labute approximate surface area is 186 Å². The summed E-state index contributed by atoms with van der Waals surface area (Å²) in [5.41, 5.74) is 7.06. The maximum atomic E-state index is 12.9. The number of hydrogen-bond acceptors (Lipinski definition) is 8. The first kappa shape index (κ1) is 22.9. The Morgan fingerprint density at radius 1 is 1.16 bits per heavy atom. The molecule has 0 unspecified atom stereocenters. The summed E-state index contributed by atoms with van der Waals surface area (Å²) in [5, 5.41) is 9.73. The number of aryl methyl sites for hydroxylation is 1. The Hall–Kier alpha value is -3.77. The van der Waals surface area contributed by atoms with Crippen LogP contribution in [0.4, 0.5) is 0 Å². The summed E-state index contributed by atoms with van der Waals surface area (Å²) in [5.74, 6) is -1.81. The average molecular weight is 455 g/mol. The highest BCUT2D eigenvalue weighted by atomic mass is 32.2. The van der Waals surface area contributed by atoms with E-state index in [0.29, 0.717) is 0 Å². The Balaban J connectivity index is 2.14. The molecule has 1 aliphatic rings. The van der Waals surface area contributed by atoms with Crippen molar-refractivity contribution < 1.29 is 26.9 Å². The minimum absolute atomic E-state index is 0.0298. The molecule has 0 spiro atoms. The summed E-state index contributed by atoms with van der Waals surface area (Å²) in [7, 11) is -4.18.